The van der Waals surface area contributed by atoms with Crippen LogP contribution in [0.3, 0.4) is 0 Å². The van der Waals surface area contributed by atoms with Crippen LogP contribution in [0.25, 0.3) is 31.3 Å². The van der Waals surface area contributed by atoms with Gasteiger partial charge in [0.2, 0.25) is 0 Å². The van der Waals surface area contributed by atoms with Gasteiger partial charge in [0.05, 0.1) is 0 Å². The van der Waals surface area contributed by atoms with Crippen molar-refractivity contribution < 1.29 is 0 Å². The van der Waals surface area contributed by atoms with E-state index in [9.17, 15) is 0 Å². The molecule has 0 aliphatic rings. The molecule has 0 aromatic carbocycles. The Balaban J connectivity index is 4.39. The topological polar surface area (TPSA) is 146 Å². The van der Waals surface area contributed by atoms with Crippen molar-refractivity contribution in [2.75, 3.05) is 0 Å². The fourth-order valence-corrected chi connectivity index (χ4v) is 0.208. The summed E-state index contributed by atoms with van der Waals surface area (Å²) in [6.45, 7) is 0. The zero-order chi connectivity index (χ0) is 7.82. The van der Waals surface area contributed by atoms with E-state index >= 15 is 0 Å². The number of hydrogen-bond donors (Lipinski definition) is 0. The Kier molecular flexibility index (Phi) is 4.02. The molecular formula is CHN9. The molecule has 0 aliphatic carbocycles. The molecule has 0 radical (unpaired) electrons. The van der Waals surface area contributed by atoms with Crippen LogP contribution in [0.5, 0.6) is 0 Å². The molecule has 0 saturated heterocycles. The monoisotopic (exact) mass is 139 g/mol. The minimum atomic E-state index is -1.35. The third kappa shape index (κ3) is 3.00. The average molecular weight is 139 g/mol. The molecule has 0 rings (SSSR count). The number of azide groups is 1. The molecular weight excluding hydrogens is 138 g/mol. The van der Waals surface area contributed by atoms with E-state index in [-0.39, 0.29) is 0 Å². The van der Waals surface area contributed by atoms with Crippen LogP contribution in [-0.4, -0.2) is 6.29 Å². The summed E-state index contributed by atoms with van der Waals surface area (Å²) in [5, 5.41) is 8.53. The summed E-state index contributed by atoms with van der Waals surface area (Å²) in [7, 11) is 0. The molecule has 0 bridgehead atoms. The number of rotatable bonds is 3. The van der Waals surface area contributed by atoms with Crippen molar-refractivity contribution in [1.29, 1.82) is 0 Å². The van der Waals surface area contributed by atoms with E-state index in [1.807, 2.05) is 0 Å². The Bertz CT molecular complexity index is 189. The van der Waals surface area contributed by atoms with Crippen LogP contribution >= 0.6 is 0 Å². The van der Waals surface area contributed by atoms with Crippen LogP contribution in [0.2, 0.25) is 0 Å². The van der Waals surface area contributed by atoms with Crippen molar-refractivity contribution in [2.24, 2.45) is 15.3 Å². The predicted molar refractivity (Wildman–Crippen MR) is 31.2 cm³/mol. The smallest absolute Gasteiger partial charge is 0.0785 e. The van der Waals surface area contributed by atoms with E-state index in [0.717, 1.165) is 0 Å². The summed E-state index contributed by atoms with van der Waals surface area (Å²) in [5.74, 6) is 0. The van der Waals surface area contributed by atoms with Gasteiger partial charge in [-0.1, -0.05) is 15.3 Å². The van der Waals surface area contributed by atoms with Gasteiger partial charge in [0.1, 0.15) is 0 Å². The summed E-state index contributed by atoms with van der Waals surface area (Å²) >= 11 is 0. The molecule has 0 N–H and O–H groups in total. The predicted octanol–water partition coefficient (Wildman–Crippen LogP) is 2.20. The average Bonchev–Trinajstić information content (AvgIpc) is 1.90. The normalized spacial score (nSPS) is 9.60. The van der Waals surface area contributed by atoms with Gasteiger partial charge in [0.15, 0.2) is 6.29 Å². The van der Waals surface area contributed by atoms with E-state index in [1.54, 1.807) is 0 Å². The van der Waals surface area contributed by atoms with Gasteiger partial charge >= 0.3 is 0 Å². The van der Waals surface area contributed by atoms with E-state index in [1.165, 1.54) is 0 Å². The second-order valence-corrected chi connectivity index (χ2v) is 0.961. The van der Waals surface area contributed by atoms with E-state index in [2.05, 4.69) is 30.1 Å². The lowest BCUT2D eigenvalue weighted by Gasteiger charge is -1.86. The highest BCUT2D eigenvalue weighted by atomic mass is 15.4. The maximum atomic E-state index is 7.78. The lowest BCUT2D eigenvalue weighted by molar-refractivity contribution is 0.728. The van der Waals surface area contributed by atoms with Gasteiger partial charge in [-0.15, -0.1) is 0 Å². The van der Waals surface area contributed by atoms with E-state index in [4.69, 9.17) is 16.6 Å². The van der Waals surface area contributed by atoms with Crippen LogP contribution in [-0.2, 0) is 0 Å². The second-order valence-electron chi connectivity index (χ2n) is 0.961. The van der Waals surface area contributed by atoms with Crippen molar-refractivity contribution >= 4 is 0 Å². The van der Waals surface area contributed by atoms with Crippen molar-refractivity contribution in [3.63, 3.8) is 0 Å². The molecule has 9 heteroatoms. The lowest BCUT2D eigenvalue weighted by atomic mass is 11.0. The van der Waals surface area contributed by atoms with E-state index in [0.29, 0.717) is 0 Å². The maximum absolute atomic E-state index is 7.78. The zero-order valence-electron chi connectivity index (χ0n) is 4.60. The first kappa shape index (κ1) is 7.93. The first-order chi connectivity index (χ1) is 4.85. The molecule has 9 nitrogen and oxygen atoms in total. The van der Waals surface area contributed by atoms with Crippen molar-refractivity contribution in [2.45, 2.75) is 6.29 Å². The summed E-state index contributed by atoms with van der Waals surface area (Å²) in [4.78, 5) is 6.81. The highest BCUT2D eigenvalue weighted by molar-refractivity contribution is 4.62. The molecule has 50 valence electrons. The standard InChI is InChI=1S/CHN9/c2-8-5-1(6-9-3)7-10-4/h1H. The third-order valence-electron chi connectivity index (χ3n) is 0.465. The quantitative estimate of drug-likeness (QED) is 0.320. The molecule has 0 amide bonds. The van der Waals surface area contributed by atoms with Gasteiger partial charge < -0.3 is 0 Å². The first-order valence-corrected chi connectivity index (χ1v) is 1.97. The molecule has 0 aromatic rings. The Morgan fingerprint density at radius 2 is 1.10 bits per heavy atom. The molecule has 0 aliphatic heterocycles. The minimum absolute atomic E-state index is 1.35. The van der Waals surface area contributed by atoms with E-state index < -0.39 is 6.29 Å². The molecule has 0 aromatic heterocycles. The number of nitrogens with zero attached hydrogens (tertiary/aromatic N) is 9. The fourth-order valence-electron chi connectivity index (χ4n) is 0.208. The van der Waals surface area contributed by atoms with Crippen molar-refractivity contribution in [3.05, 3.63) is 31.3 Å². The van der Waals surface area contributed by atoms with Crippen molar-refractivity contribution in [1.82, 2.24) is 0 Å². The third-order valence-corrected chi connectivity index (χ3v) is 0.465. The highest BCUT2D eigenvalue weighted by Crippen LogP contribution is 1.95. The van der Waals surface area contributed by atoms with Gasteiger partial charge in [-0.25, -0.2) is 0 Å². The molecule has 0 fully saturated rings. The molecule has 0 heterocycles. The molecule has 0 spiro atoms. The minimum Gasteiger partial charge on any atom is -0.0785 e. The maximum Gasteiger partial charge on any atom is 0.193 e. The molecule has 0 atom stereocenters. The van der Waals surface area contributed by atoms with Crippen LogP contribution in [0.4, 0.5) is 0 Å². The van der Waals surface area contributed by atoms with Crippen LogP contribution < -0.4 is 0 Å². The largest absolute Gasteiger partial charge is 0.193 e. The molecule has 0 saturated carbocycles. The molecule has 10 heavy (non-hydrogen) atoms. The van der Waals surface area contributed by atoms with Crippen LogP contribution in [0.15, 0.2) is 15.3 Å². The first-order valence-electron chi connectivity index (χ1n) is 1.97. The van der Waals surface area contributed by atoms with Gasteiger partial charge in [0.25, 0.3) is 0 Å². The Labute approximate surface area is 54.1 Å². The summed E-state index contributed by atoms with van der Waals surface area (Å²) in [6.07, 6.45) is -1.35. The highest BCUT2D eigenvalue weighted by Gasteiger charge is 1.94. The fraction of sp³-hybridized carbons (Fsp3) is 1.00. The van der Waals surface area contributed by atoms with Crippen molar-refractivity contribution in [3.8, 4) is 0 Å². The summed E-state index contributed by atoms with van der Waals surface area (Å²) < 4.78 is 0. The van der Waals surface area contributed by atoms with Gasteiger partial charge in [0, 0.05) is 14.7 Å². The van der Waals surface area contributed by atoms with Gasteiger partial charge in [-0.2, -0.15) is 0 Å². The zero-order valence-corrected chi connectivity index (χ0v) is 4.60. The van der Waals surface area contributed by atoms with Crippen LogP contribution in [0.1, 0.15) is 0 Å². The van der Waals surface area contributed by atoms with Crippen LogP contribution in [0, 0.1) is 0 Å². The molecule has 0 unspecified atom stereocenters. The Hall–Kier alpha value is -2.07. The lowest BCUT2D eigenvalue weighted by Crippen LogP contribution is -1.87. The van der Waals surface area contributed by atoms with Gasteiger partial charge in [-0.3, -0.25) is 0 Å². The SMILES string of the molecule is [N-]=[N+]=NC(N=[N+]=[N-])N=[N+]=[N-]. The Morgan fingerprint density at radius 3 is 1.30 bits per heavy atom. The Morgan fingerprint density at radius 1 is 0.800 bits per heavy atom. The summed E-state index contributed by atoms with van der Waals surface area (Å²) in [6, 6.07) is 0. The second kappa shape index (κ2) is 5.07. The summed E-state index contributed by atoms with van der Waals surface area (Å²) in [5.41, 5.74) is 23.3. The number of hydrogen-bond acceptors (Lipinski definition) is 3. The van der Waals surface area contributed by atoms with Gasteiger partial charge in [-0.05, 0) is 16.6 Å².